The number of nitrogens with zero attached hydrogens (tertiary/aromatic N) is 2. The van der Waals surface area contributed by atoms with E-state index in [1.807, 2.05) is 60.3 Å². The van der Waals surface area contributed by atoms with Crippen LogP contribution in [0.25, 0.3) is 22.9 Å². The third kappa shape index (κ3) is 6.35. The van der Waals surface area contributed by atoms with Gasteiger partial charge in [-0.25, -0.2) is 0 Å². The minimum atomic E-state index is -0.143. The number of rotatable bonds is 11. The van der Waals surface area contributed by atoms with E-state index in [9.17, 15) is 4.79 Å². The zero-order valence-electron chi connectivity index (χ0n) is 16.5. The van der Waals surface area contributed by atoms with E-state index in [2.05, 4.69) is 22.4 Å². The number of amides is 1. The van der Waals surface area contributed by atoms with Crippen molar-refractivity contribution in [2.24, 2.45) is 0 Å². The summed E-state index contributed by atoms with van der Waals surface area (Å²) in [4.78, 5) is 12.0. The maximum atomic E-state index is 12.0. The van der Waals surface area contributed by atoms with Crippen LogP contribution in [0.2, 0.25) is 0 Å². The van der Waals surface area contributed by atoms with Crippen molar-refractivity contribution in [3.63, 3.8) is 0 Å². The van der Waals surface area contributed by atoms with Crippen LogP contribution in [0.3, 0.4) is 0 Å². The van der Waals surface area contributed by atoms with Gasteiger partial charge in [-0.2, -0.15) is 11.8 Å². The molecule has 3 rings (SSSR count). The van der Waals surface area contributed by atoms with Crippen LogP contribution in [0.1, 0.15) is 19.8 Å². The largest absolute Gasteiger partial charge is 0.483 e. The molecule has 0 spiro atoms. The lowest BCUT2D eigenvalue weighted by atomic mass is 10.2. The second-order valence-corrected chi connectivity index (χ2v) is 7.60. The number of hydrogen-bond acceptors (Lipinski definition) is 6. The minimum Gasteiger partial charge on any atom is -0.483 e. The van der Waals surface area contributed by atoms with E-state index < -0.39 is 0 Å². The van der Waals surface area contributed by atoms with Gasteiger partial charge in [0.15, 0.2) is 6.61 Å². The zero-order valence-corrected chi connectivity index (χ0v) is 17.3. The van der Waals surface area contributed by atoms with Crippen LogP contribution in [0, 0.1) is 0 Å². The highest BCUT2D eigenvalue weighted by atomic mass is 32.2. The van der Waals surface area contributed by atoms with E-state index in [-0.39, 0.29) is 12.5 Å². The first-order valence-corrected chi connectivity index (χ1v) is 10.9. The van der Waals surface area contributed by atoms with E-state index in [1.165, 1.54) is 6.42 Å². The Bertz CT molecular complexity index is 899. The number of benzene rings is 2. The molecule has 0 saturated carbocycles. The van der Waals surface area contributed by atoms with Crippen LogP contribution >= 0.6 is 11.8 Å². The Labute approximate surface area is 175 Å². The molecule has 0 fully saturated rings. The first-order valence-electron chi connectivity index (χ1n) is 9.73. The summed E-state index contributed by atoms with van der Waals surface area (Å²) in [6.45, 7) is 2.77. The molecule has 0 aliphatic carbocycles. The molecular formula is C22H25N3O3S. The first-order chi connectivity index (χ1) is 14.3. The van der Waals surface area contributed by atoms with E-state index in [0.717, 1.165) is 23.5 Å². The predicted molar refractivity (Wildman–Crippen MR) is 116 cm³/mol. The highest BCUT2D eigenvalue weighted by Crippen LogP contribution is 2.30. The lowest BCUT2D eigenvalue weighted by Gasteiger charge is -2.09. The van der Waals surface area contributed by atoms with Crippen LogP contribution in [-0.2, 0) is 4.79 Å². The molecule has 0 bridgehead atoms. The van der Waals surface area contributed by atoms with Crippen molar-refractivity contribution in [3.05, 3.63) is 54.6 Å². The number of aromatic nitrogens is 2. The van der Waals surface area contributed by atoms with Crippen LogP contribution in [0.15, 0.2) is 59.0 Å². The molecule has 0 atom stereocenters. The van der Waals surface area contributed by atoms with Crippen LogP contribution in [-0.4, -0.2) is 40.8 Å². The SMILES string of the molecule is CCCSCCCNC(=O)COc1ccccc1-c1nnc(-c2ccccc2)o1. The number of nitrogens with one attached hydrogen (secondary N) is 1. The minimum absolute atomic E-state index is 0.0568. The van der Waals surface area contributed by atoms with Crippen molar-refractivity contribution >= 4 is 17.7 Å². The van der Waals surface area contributed by atoms with E-state index >= 15 is 0 Å². The summed E-state index contributed by atoms with van der Waals surface area (Å²) in [5.41, 5.74) is 1.51. The summed E-state index contributed by atoms with van der Waals surface area (Å²) in [7, 11) is 0. The van der Waals surface area contributed by atoms with Gasteiger partial charge < -0.3 is 14.5 Å². The number of carbonyl (C=O) groups is 1. The molecule has 0 aliphatic rings. The van der Waals surface area contributed by atoms with Crippen molar-refractivity contribution in [1.82, 2.24) is 15.5 Å². The van der Waals surface area contributed by atoms with Gasteiger partial charge >= 0.3 is 0 Å². The summed E-state index contributed by atoms with van der Waals surface area (Å²) in [5.74, 6) is 3.40. The molecule has 6 nitrogen and oxygen atoms in total. The third-order valence-corrected chi connectivity index (χ3v) is 5.33. The molecule has 152 valence electrons. The monoisotopic (exact) mass is 411 g/mol. The summed E-state index contributed by atoms with van der Waals surface area (Å²) in [5, 5.41) is 11.1. The molecule has 3 aromatic rings. The fourth-order valence-electron chi connectivity index (χ4n) is 2.64. The zero-order chi connectivity index (χ0) is 20.3. The number of ether oxygens (including phenoxy) is 1. The second kappa shape index (κ2) is 11.3. The highest BCUT2D eigenvalue weighted by molar-refractivity contribution is 7.99. The summed E-state index contributed by atoms with van der Waals surface area (Å²) in [6.07, 6.45) is 2.13. The maximum absolute atomic E-state index is 12.0. The molecule has 0 unspecified atom stereocenters. The van der Waals surface area contributed by atoms with Gasteiger partial charge in [0.25, 0.3) is 11.8 Å². The molecule has 29 heavy (non-hydrogen) atoms. The number of thioether (sulfide) groups is 1. The van der Waals surface area contributed by atoms with Gasteiger partial charge in [0.05, 0.1) is 5.56 Å². The molecule has 1 aromatic heterocycles. The lowest BCUT2D eigenvalue weighted by Crippen LogP contribution is -2.30. The molecular weight excluding hydrogens is 386 g/mol. The Balaban J connectivity index is 1.56. The van der Waals surface area contributed by atoms with Crippen molar-refractivity contribution in [2.75, 3.05) is 24.7 Å². The van der Waals surface area contributed by atoms with Crippen molar-refractivity contribution < 1.29 is 13.9 Å². The quantitative estimate of drug-likeness (QED) is 0.470. The normalized spacial score (nSPS) is 10.7. The lowest BCUT2D eigenvalue weighted by molar-refractivity contribution is -0.123. The van der Waals surface area contributed by atoms with E-state index in [4.69, 9.17) is 9.15 Å². The van der Waals surface area contributed by atoms with Crippen LogP contribution < -0.4 is 10.1 Å². The Hall–Kier alpha value is -2.80. The topological polar surface area (TPSA) is 77.2 Å². The van der Waals surface area contributed by atoms with Gasteiger partial charge in [0.1, 0.15) is 5.75 Å². The van der Waals surface area contributed by atoms with Gasteiger partial charge in [-0.3, -0.25) is 4.79 Å². The molecule has 0 saturated heterocycles. The Kier molecular flexibility index (Phi) is 8.12. The van der Waals surface area contributed by atoms with Gasteiger partial charge in [-0.05, 0) is 48.6 Å². The molecule has 1 amide bonds. The van der Waals surface area contributed by atoms with E-state index in [0.29, 0.717) is 29.6 Å². The molecule has 0 radical (unpaired) electrons. The van der Waals surface area contributed by atoms with Gasteiger partial charge in [0.2, 0.25) is 5.89 Å². The fourth-order valence-corrected chi connectivity index (χ4v) is 3.48. The smallest absolute Gasteiger partial charge is 0.257 e. The highest BCUT2D eigenvalue weighted by Gasteiger charge is 2.15. The van der Waals surface area contributed by atoms with Crippen molar-refractivity contribution in [1.29, 1.82) is 0 Å². The summed E-state index contributed by atoms with van der Waals surface area (Å²) in [6, 6.07) is 16.9. The summed E-state index contributed by atoms with van der Waals surface area (Å²) < 4.78 is 11.5. The Morgan fingerprint density at radius 2 is 1.79 bits per heavy atom. The Morgan fingerprint density at radius 3 is 2.62 bits per heavy atom. The molecule has 1 N–H and O–H groups in total. The molecule has 1 heterocycles. The third-order valence-electron chi connectivity index (χ3n) is 4.06. The summed E-state index contributed by atoms with van der Waals surface area (Å²) >= 11 is 1.91. The van der Waals surface area contributed by atoms with Crippen molar-refractivity contribution in [2.45, 2.75) is 19.8 Å². The number of carbonyl (C=O) groups excluding carboxylic acids is 1. The first kappa shape index (κ1) is 20.9. The standard InChI is InChI=1S/C22H25N3O3S/c1-2-14-29-15-8-13-23-20(26)16-27-19-12-7-6-11-18(19)22-25-24-21(28-22)17-9-4-3-5-10-17/h3-7,9-12H,2,8,13-16H2,1H3,(H,23,26). The average Bonchev–Trinajstić information content (AvgIpc) is 3.26. The Morgan fingerprint density at radius 1 is 1.03 bits per heavy atom. The fraction of sp³-hybridized carbons (Fsp3) is 0.318. The second-order valence-electron chi connectivity index (χ2n) is 6.38. The van der Waals surface area contributed by atoms with Gasteiger partial charge in [-0.15, -0.1) is 10.2 Å². The number of hydrogen-bond donors (Lipinski definition) is 1. The molecule has 0 aliphatic heterocycles. The predicted octanol–water partition coefficient (Wildman–Crippen LogP) is 4.43. The molecule has 7 heteroatoms. The van der Waals surface area contributed by atoms with Gasteiger partial charge in [-0.1, -0.05) is 37.3 Å². The number of para-hydroxylation sites is 1. The van der Waals surface area contributed by atoms with E-state index in [1.54, 1.807) is 6.07 Å². The molecule has 2 aromatic carbocycles. The van der Waals surface area contributed by atoms with Crippen molar-refractivity contribution in [3.8, 4) is 28.7 Å². The maximum Gasteiger partial charge on any atom is 0.257 e. The van der Waals surface area contributed by atoms with Crippen LogP contribution in [0.4, 0.5) is 0 Å². The average molecular weight is 412 g/mol. The van der Waals surface area contributed by atoms with Crippen LogP contribution in [0.5, 0.6) is 5.75 Å². The van der Waals surface area contributed by atoms with Gasteiger partial charge in [0, 0.05) is 12.1 Å².